The SMILES string of the molecule is c1cc2cnoc2nc1NCC1CCNC1. The Morgan fingerprint density at radius 2 is 2.50 bits per heavy atom. The van der Waals surface area contributed by atoms with Crippen LogP contribution in [0.5, 0.6) is 0 Å². The Bertz CT molecular complexity index is 476. The number of nitrogens with zero attached hydrogens (tertiary/aromatic N) is 2. The van der Waals surface area contributed by atoms with Crippen LogP contribution in [0.25, 0.3) is 11.1 Å². The maximum absolute atomic E-state index is 5.02. The van der Waals surface area contributed by atoms with E-state index >= 15 is 0 Å². The van der Waals surface area contributed by atoms with Crippen molar-refractivity contribution in [1.29, 1.82) is 0 Å². The molecule has 0 spiro atoms. The van der Waals surface area contributed by atoms with E-state index in [-0.39, 0.29) is 0 Å². The Balaban J connectivity index is 1.68. The average molecular weight is 218 g/mol. The number of nitrogens with one attached hydrogen (secondary N) is 2. The van der Waals surface area contributed by atoms with E-state index in [4.69, 9.17) is 4.52 Å². The van der Waals surface area contributed by atoms with Crippen LogP contribution >= 0.6 is 0 Å². The lowest BCUT2D eigenvalue weighted by molar-refractivity contribution is 0.449. The molecule has 2 aromatic rings. The van der Waals surface area contributed by atoms with E-state index in [1.807, 2.05) is 12.1 Å². The van der Waals surface area contributed by atoms with Crippen LogP contribution in [-0.2, 0) is 0 Å². The van der Waals surface area contributed by atoms with E-state index < -0.39 is 0 Å². The predicted octanol–water partition coefficient (Wildman–Crippen LogP) is 1.24. The third kappa shape index (κ3) is 1.86. The fourth-order valence-corrected chi connectivity index (χ4v) is 1.99. The van der Waals surface area contributed by atoms with Crippen molar-refractivity contribution in [2.75, 3.05) is 25.0 Å². The van der Waals surface area contributed by atoms with Gasteiger partial charge in [-0.3, -0.25) is 0 Å². The highest BCUT2D eigenvalue weighted by Crippen LogP contribution is 2.15. The zero-order valence-electron chi connectivity index (χ0n) is 8.94. The van der Waals surface area contributed by atoms with Gasteiger partial charge in [-0.25, -0.2) is 0 Å². The molecular formula is C11H14N4O. The molecule has 1 unspecified atom stereocenters. The monoisotopic (exact) mass is 218 g/mol. The summed E-state index contributed by atoms with van der Waals surface area (Å²) in [5.41, 5.74) is 0.592. The Labute approximate surface area is 93.2 Å². The highest BCUT2D eigenvalue weighted by Gasteiger charge is 2.14. The van der Waals surface area contributed by atoms with Crippen LogP contribution in [-0.4, -0.2) is 29.8 Å². The molecule has 84 valence electrons. The molecule has 1 fully saturated rings. The topological polar surface area (TPSA) is 63.0 Å². The first-order chi connectivity index (χ1) is 7.92. The Hall–Kier alpha value is -1.62. The van der Waals surface area contributed by atoms with Gasteiger partial charge in [-0.1, -0.05) is 5.16 Å². The minimum atomic E-state index is 0.592. The first kappa shape index (κ1) is 9.59. The molecule has 0 saturated carbocycles. The number of hydrogen-bond acceptors (Lipinski definition) is 5. The second-order valence-electron chi connectivity index (χ2n) is 4.16. The molecule has 16 heavy (non-hydrogen) atoms. The standard InChI is InChI=1S/C11H14N4O/c1-2-10(13-6-8-3-4-12-5-8)15-11-9(1)7-14-16-11/h1-2,7-8,12H,3-6H2,(H,13,15). The minimum Gasteiger partial charge on any atom is -0.370 e. The molecule has 1 saturated heterocycles. The molecule has 5 nitrogen and oxygen atoms in total. The lowest BCUT2D eigenvalue weighted by Gasteiger charge is -2.09. The Kier molecular flexibility index (Phi) is 2.46. The number of hydrogen-bond donors (Lipinski definition) is 2. The van der Waals surface area contributed by atoms with Gasteiger partial charge < -0.3 is 15.2 Å². The van der Waals surface area contributed by atoms with Gasteiger partial charge in [-0.15, -0.1) is 0 Å². The Morgan fingerprint density at radius 3 is 3.38 bits per heavy atom. The maximum Gasteiger partial charge on any atom is 0.259 e. The lowest BCUT2D eigenvalue weighted by atomic mass is 10.1. The van der Waals surface area contributed by atoms with Crippen molar-refractivity contribution >= 4 is 16.9 Å². The second-order valence-corrected chi connectivity index (χ2v) is 4.16. The minimum absolute atomic E-state index is 0.592. The van der Waals surface area contributed by atoms with Gasteiger partial charge in [0.25, 0.3) is 5.71 Å². The summed E-state index contributed by atoms with van der Waals surface area (Å²) in [5, 5.41) is 11.3. The molecule has 5 heteroatoms. The zero-order chi connectivity index (χ0) is 10.8. The van der Waals surface area contributed by atoms with Crippen molar-refractivity contribution in [3.8, 4) is 0 Å². The molecule has 0 aromatic carbocycles. The van der Waals surface area contributed by atoms with Crippen LogP contribution in [0.15, 0.2) is 22.9 Å². The summed E-state index contributed by atoms with van der Waals surface area (Å²) < 4.78 is 5.02. The van der Waals surface area contributed by atoms with Crippen LogP contribution in [0.2, 0.25) is 0 Å². The largest absolute Gasteiger partial charge is 0.370 e. The molecule has 2 N–H and O–H groups in total. The highest BCUT2D eigenvalue weighted by molar-refractivity contribution is 5.73. The summed E-state index contributed by atoms with van der Waals surface area (Å²) in [7, 11) is 0. The number of pyridine rings is 1. The van der Waals surface area contributed by atoms with Crippen molar-refractivity contribution in [2.24, 2.45) is 5.92 Å². The van der Waals surface area contributed by atoms with Gasteiger partial charge in [0.2, 0.25) is 0 Å². The number of anilines is 1. The molecular weight excluding hydrogens is 204 g/mol. The molecule has 0 amide bonds. The fourth-order valence-electron chi connectivity index (χ4n) is 1.99. The molecule has 3 heterocycles. The molecule has 3 rings (SSSR count). The third-order valence-corrected chi connectivity index (χ3v) is 2.95. The number of fused-ring (bicyclic) bond motifs is 1. The summed E-state index contributed by atoms with van der Waals surface area (Å²) in [4.78, 5) is 4.34. The maximum atomic E-state index is 5.02. The first-order valence-corrected chi connectivity index (χ1v) is 5.58. The predicted molar refractivity (Wildman–Crippen MR) is 61.3 cm³/mol. The average Bonchev–Trinajstić information content (AvgIpc) is 2.97. The van der Waals surface area contributed by atoms with Crippen molar-refractivity contribution in [1.82, 2.24) is 15.5 Å². The molecule has 0 radical (unpaired) electrons. The fraction of sp³-hybridized carbons (Fsp3) is 0.455. The van der Waals surface area contributed by atoms with Crippen molar-refractivity contribution in [3.05, 3.63) is 18.3 Å². The highest BCUT2D eigenvalue weighted by atomic mass is 16.5. The van der Waals surface area contributed by atoms with Gasteiger partial charge in [-0.2, -0.15) is 4.98 Å². The summed E-state index contributed by atoms with van der Waals surface area (Å²) in [6.07, 6.45) is 2.91. The Morgan fingerprint density at radius 1 is 1.50 bits per heavy atom. The van der Waals surface area contributed by atoms with E-state index in [0.717, 1.165) is 30.8 Å². The van der Waals surface area contributed by atoms with Gasteiger partial charge in [-0.05, 0) is 37.6 Å². The van der Waals surface area contributed by atoms with Gasteiger partial charge >= 0.3 is 0 Å². The lowest BCUT2D eigenvalue weighted by Crippen LogP contribution is -2.17. The molecule has 1 aliphatic heterocycles. The van der Waals surface area contributed by atoms with E-state index in [1.54, 1.807) is 6.20 Å². The first-order valence-electron chi connectivity index (χ1n) is 5.58. The van der Waals surface area contributed by atoms with Gasteiger partial charge in [0.15, 0.2) is 0 Å². The smallest absolute Gasteiger partial charge is 0.259 e. The summed E-state index contributed by atoms with van der Waals surface area (Å²) in [6.45, 7) is 3.18. The molecule has 0 bridgehead atoms. The third-order valence-electron chi connectivity index (χ3n) is 2.95. The summed E-state index contributed by atoms with van der Waals surface area (Å²) in [5.74, 6) is 1.56. The van der Waals surface area contributed by atoms with Gasteiger partial charge in [0.05, 0.1) is 11.6 Å². The molecule has 1 aliphatic rings. The van der Waals surface area contributed by atoms with E-state index in [1.165, 1.54) is 6.42 Å². The van der Waals surface area contributed by atoms with Crippen LogP contribution in [0.4, 0.5) is 5.82 Å². The van der Waals surface area contributed by atoms with E-state index in [2.05, 4.69) is 20.8 Å². The van der Waals surface area contributed by atoms with Crippen LogP contribution in [0.3, 0.4) is 0 Å². The van der Waals surface area contributed by atoms with Crippen molar-refractivity contribution in [2.45, 2.75) is 6.42 Å². The van der Waals surface area contributed by atoms with Crippen LogP contribution in [0, 0.1) is 5.92 Å². The second kappa shape index (κ2) is 4.09. The molecule has 1 atom stereocenters. The van der Waals surface area contributed by atoms with Crippen LogP contribution < -0.4 is 10.6 Å². The summed E-state index contributed by atoms with van der Waals surface area (Å²) >= 11 is 0. The van der Waals surface area contributed by atoms with Gasteiger partial charge in [0, 0.05) is 6.54 Å². The normalized spacial score (nSPS) is 20.4. The van der Waals surface area contributed by atoms with Crippen molar-refractivity contribution in [3.63, 3.8) is 0 Å². The van der Waals surface area contributed by atoms with E-state index in [0.29, 0.717) is 11.6 Å². The summed E-state index contributed by atoms with van der Waals surface area (Å²) in [6, 6.07) is 3.93. The number of rotatable bonds is 3. The molecule has 0 aliphatic carbocycles. The van der Waals surface area contributed by atoms with Crippen molar-refractivity contribution < 1.29 is 4.52 Å². The van der Waals surface area contributed by atoms with Crippen LogP contribution in [0.1, 0.15) is 6.42 Å². The van der Waals surface area contributed by atoms with E-state index in [9.17, 15) is 0 Å². The number of aromatic nitrogens is 2. The quantitative estimate of drug-likeness (QED) is 0.811. The van der Waals surface area contributed by atoms with Gasteiger partial charge in [0.1, 0.15) is 5.82 Å². The zero-order valence-corrected chi connectivity index (χ0v) is 8.94. The molecule has 2 aromatic heterocycles.